The Morgan fingerprint density at radius 1 is 1.33 bits per heavy atom. The van der Waals surface area contributed by atoms with Crippen molar-refractivity contribution in [1.82, 2.24) is 14.5 Å². The van der Waals surface area contributed by atoms with Crippen molar-refractivity contribution in [3.05, 3.63) is 47.3 Å². The highest BCUT2D eigenvalue weighted by molar-refractivity contribution is 6.29. The summed E-state index contributed by atoms with van der Waals surface area (Å²) in [5.74, 6) is 0.957. The third kappa shape index (κ3) is 3.55. The summed E-state index contributed by atoms with van der Waals surface area (Å²) in [7, 11) is 0. The maximum absolute atomic E-state index is 5.75. The number of pyridine rings is 1. The van der Waals surface area contributed by atoms with Crippen LogP contribution in [0.1, 0.15) is 18.3 Å². The predicted molar refractivity (Wildman–Crippen MR) is 70.5 cm³/mol. The summed E-state index contributed by atoms with van der Waals surface area (Å²) in [5, 5.41) is 0.526. The van der Waals surface area contributed by atoms with Gasteiger partial charge in [-0.1, -0.05) is 17.7 Å². The maximum Gasteiger partial charge on any atom is 0.134 e. The van der Waals surface area contributed by atoms with Gasteiger partial charge in [0.2, 0.25) is 0 Å². The summed E-state index contributed by atoms with van der Waals surface area (Å²) in [5.41, 5.74) is 1.16. The summed E-state index contributed by atoms with van der Waals surface area (Å²) >= 11 is 5.75. The van der Waals surface area contributed by atoms with Crippen molar-refractivity contribution in [2.24, 2.45) is 0 Å². The summed E-state index contributed by atoms with van der Waals surface area (Å²) in [6, 6.07) is 3.81. The smallest absolute Gasteiger partial charge is 0.134 e. The van der Waals surface area contributed by atoms with E-state index in [1.165, 1.54) is 0 Å². The van der Waals surface area contributed by atoms with E-state index in [0.717, 1.165) is 24.4 Å². The van der Waals surface area contributed by atoms with Gasteiger partial charge in [-0.2, -0.15) is 0 Å². The molecule has 2 heterocycles. The fourth-order valence-electron chi connectivity index (χ4n) is 1.68. The van der Waals surface area contributed by atoms with Crippen LogP contribution in [-0.4, -0.2) is 21.1 Å². The molecule has 4 nitrogen and oxygen atoms in total. The molecule has 0 radical (unpaired) electrons. The molecule has 0 N–H and O–H groups in total. The van der Waals surface area contributed by atoms with Crippen LogP contribution in [0.4, 0.5) is 0 Å². The third-order valence-electron chi connectivity index (χ3n) is 2.67. The van der Waals surface area contributed by atoms with Gasteiger partial charge < -0.3 is 9.30 Å². The number of aromatic nitrogens is 3. The van der Waals surface area contributed by atoms with E-state index in [9.17, 15) is 0 Å². The number of rotatable bonds is 6. The van der Waals surface area contributed by atoms with Gasteiger partial charge in [0.15, 0.2) is 0 Å². The van der Waals surface area contributed by atoms with Crippen LogP contribution in [0.5, 0.6) is 0 Å². The van der Waals surface area contributed by atoms with Gasteiger partial charge in [-0.25, -0.2) is 9.97 Å². The minimum atomic E-state index is 0.526. The summed E-state index contributed by atoms with van der Waals surface area (Å²) < 4.78 is 7.47. The van der Waals surface area contributed by atoms with Crippen LogP contribution < -0.4 is 0 Å². The molecule has 2 rings (SSSR count). The van der Waals surface area contributed by atoms with E-state index in [1.54, 1.807) is 6.20 Å². The standard InChI is InChI=1S/C13H16ClN3O/c1-2-18-10-13-15-6-8-17(13)7-5-11-3-4-12(14)16-9-11/h3-4,6,8-9H,2,5,7,10H2,1H3. The first-order chi connectivity index (χ1) is 8.79. The quantitative estimate of drug-likeness (QED) is 0.754. The number of halogens is 1. The monoisotopic (exact) mass is 265 g/mol. The summed E-state index contributed by atoms with van der Waals surface area (Å²) in [4.78, 5) is 8.35. The fraction of sp³-hybridized carbons (Fsp3) is 0.385. The minimum absolute atomic E-state index is 0.526. The molecule has 0 bridgehead atoms. The lowest BCUT2D eigenvalue weighted by Gasteiger charge is -2.07. The maximum atomic E-state index is 5.75. The van der Waals surface area contributed by atoms with E-state index < -0.39 is 0 Å². The van der Waals surface area contributed by atoms with Crippen LogP contribution >= 0.6 is 11.6 Å². The lowest BCUT2D eigenvalue weighted by atomic mass is 10.2. The summed E-state index contributed by atoms with van der Waals surface area (Å²) in [6.07, 6.45) is 6.48. The normalized spacial score (nSPS) is 10.8. The number of hydrogen-bond acceptors (Lipinski definition) is 3. The average molecular weight is 266 g/mol. The Morgan fingerprint density at radius 3 is 2.94 bits per heavy atom. The zero-order valence-corrected chi connectivity index (χ0v) is 11.1. The van der Waals surface area contributed by atoms with Gasteiger partial charge in [-0.05, 0) is 25.0 Å². The largest absolute Gasteiger partial charge is 0.374 e. The van der Waals surface area contributed by atoms with E-state index in [0.29, 0.717) is 18.4 Å². The Morgan fingerprint density at radius 2 is 2.22 bits per heavy atom. The van der Waals surface area contributed by atoms with Crippen molar-refractivity contribution >= 4 is 11.6 Å². The van der Waals surface area contributed by atoms with Crippen LogP contribution in [0.25, 0.3) is 0 Å². The van der Waals surface area contributed by atoms with E-state index in [-0.39, 0.29) is 0 Å². The molecule has 0 unspecified atom stereocenters. The van der Waals surface area contributed by atoms with E-state index in [4.69, 9.17) is 16.3 Å². The first-order valence-electron chi connectivity index (χ1n) is 5.97. The highest BCUT2D eigenvalue weighted by Crippen LogP contribution is 2.08. The molecule has 0 aliphatic carbocycles. The fourth-order valence-corrected chi connectivity index (χ4v) is 1.79. The Hall–Kier alpha value is -1.39. The van der Waals surface area contributed by atoms with Gasteiger partial charge in [-0.3, -0.25) is 0 Å². The van der Waals surface area contributed by atoms with E-state index in [1.807, 2.05) is 31.5 Å². The Labute approximate surface area is 112 Å². The molecule has 96 valence electrons. The Bertz CT molecular complexity index is 481. The molecular formula is C13H16ClN3O. The molecule has 0 aromatic carbocycles. The molecule has 2 aromatic rings. The SMILES string of the molecule is CCOCc1nccn1CCc1ccc(Cl)nc1. The molecule has 0 spiro atoms. The van der Waals surface area contributed by atoms with Crippen molar-refractivity contribution in [3.8, 4) is 0 Å². The first-order valence-corrected chi connectivity index (χ1v) is 6.35. The minimum Gasteiger partial charge on any atom is -0.374 e. The molecule has 0 saturated carbocycles. The molecule has 0 aliphatic rings. The van der Waals surface area contributed by atoms with Gasteiger partial charge in [0.25, 0.3) is 0 Å². The average Bonchev–Trinajstić information content (AvgIpc) is 2.83. The molecule has 0 amide bonds. The van der Waals surface area contributed by atoms with Crippen LogP contribution in [0.15, 0.2) is 30.7 Å². The molecule has 0 atom stereocenters. The van der Waals surface area contributed by atoms with Crippen molar-refractivity contribution in [2.75, 3.05) is 6.61 Å². The zero-order valence-electron chi connectivity index (χ0n) is 10.3. The number of imidazole rings is 1. The lowest BCUT2D eigenvalue weighted by Crippen LogP contribution is -2.07. The van der Waals surface area contributed by atoms with Crippen molar-refractivity contribution in [3.63, 3.8) is 0 Å². The van der Waals surface area contributed by atoms with Crippen LogP contribution in [-0.2, 0) is 24.3 Å². The van der Waals surface area contributed by atoms with E-state index >= 15 is 0 Å². The molecule has 0 saturated heterocycles. The highest BCUT2D eigenvalue weighted by atomic mass is 35.5. The zero-order chi connectivity index (χ0) is 12.8. The molecule has 18 heavy (non-hydrogen) atoms. The second-order valence-corrected chi connectivity index (χ2v) is 4.30. The van der Waals surface area contributed by atoms with Gasteiger partial charge in [0.1, 0.15) is 17.6 Å². The van der Waals surface area contributed by atoms with Crippen molar-refractivity contribution in [1.29, 1.82) is 0 Å². The van der Waals surface area contributed by atoms with Crippen LogP contribution in [0, 0.1) is 0 Å². The van der Waals surface area contributed by atoms with Crippen molar-refractivity contribution in [2.45, 2.75) is 26.5 Å². The number of ether oxygens (including phenoxy) is 1. The molecule has 5 heteroatoms. The third-order valence-corrected chi connectivity index (χ3v) is 2.89. The second kappa shape index (κ2) is 6.52. The Balaban J connectivity index is 1.93. The van der Waals surface area contributed by atoms with Crippen LogP contribution in [0.2, 0.25) is 5.15 Å². The van der Waals surface area contributed by atoms with Gasteiger partial charge in [0.05, 0.1) is 0 Å². The van der Waals surface area contributed by atoms with Crippen LogP contribution in [0.3, 0.4) is 0 Å². The Kier molecular flexibility index (Phi) is 4.73. The number of aryl methyl sites for hydroxylation is 2. The lowest BCUT2D eigenvalue weighted by molar-refractivity contribution is 0.125. The van der Waals surface area contributed by atoms with Gasteiger partial charge >= 0.3 is 0 Å². The molecule has 0 fully saturated rings. The van der Waals surface area contributed by atoms with Gasteiger partial charge in [0, 0.05) is 31.7 Å². The number of hydrogen-bond donors (Lipinski definition) is 0. The highest BCUT2D eigenvalue weighted by Gasteiger charge is 2.03. The first kappa shape index (κ1) is 13.1. The molecule has 2 aromatic heterocycles. The van der Waals surface area contributed by atoms with E-state index in [2.05, 4.69) is 14.5 Å². The predicted octanol–water partition coefficient (Wildman–Crippen LogP) is 2.71. The van der Waals surface area contributed by atoms with Gasteiger partial charge in [-0.15, -0.1) is 0 Å². The molecular weight excluding hydrogens is 250 g/mol. The summed E-state index contributed by atoms with van der Waals surface area (Å²) in [6.45, 7) is 4.11. The molecule has 0 aliphatic heterocycles. The number of nitrogens with zero attached hydrogens (tertiary/aromatic N) is 3. The second-order valence-electron chi connectivity index (χ2n) is 3.91. The topological polar surface area (TPSA) is 39.9 Å². The van der Waals surface area contributed by atoms with Crippen molar-refractivity contribution < 1.29 is 4.74 Å².